The second-order valence-electron chi connectivity index (χ2n) is 8.73. The highest BCUT2D eigenvalue weighted by Gasteiger charge is 2.30. The maximum Gasteiger partial charge on any atom is 0.243 e. The van der Waals surface area contributed by atoms with Gasteiger partial charge >= 0.3 is 0 Å². The first-order valence-corrected chi connectivity index (χ1v) is 13.5. The molecule has 184 valence electrons. The SMILES string of the molecule is CCCNC(=O)C(Cc1ccccc1)N(Cc1ccccc1C)C(=O)CCSCc1ccccc1. The Kier molecular flexibility index (Phi) is 10.9. The highest BCUT2D eigenvalue weighted by molar-refractivity contribution is 7.98. The van der Waals surface area contributed by atoms with Crippen LogP contribution in [0.15, 0.2) is 84.9 Å². The second kappa shape index (κ2) is 14.4. The predicted molar refractivity (Wildman–Crippen MR) is 146 cm³/mol. The lowest BCUT2D eigenvalue weighted by molar-refractivity contribution is -0.141. The molecular formula is C30H36N2O2S. The van der Waals surface area contributed by atoms with E-state index in [-0.39, 0.29) is 11.8 Å². The van der Waals surface area contributed by atoms with Crippen LogP contribution in [0.1, 0.15) is 42.0 Å². The third-order valence-electron chi connectivity index (χ3n) is 5.99. The van der Waals surface area contributed by atoms with Crippen molar-refractivity contribution in [3.8, 4) is 0 Å². The minimum atomic E-state index is -0.560. The van der Waals surface area contributed by atoms with Crippen molar-refractivity contribution in [2.75, 3.05) is 12.3 Å². The van der Waals surface area contributed by atoms with E-state index < -0.39 is 6.04 Å². The molecule has 0 spiro atoms. The average molecular weight is 489 g/mol. The summed E-state index contributed by atoms with van der Waals surface area (Å²) in [6, 6.07) is 27.8. The number of thioether (sulfide) groups is 1. The van der Waals surface area contributed by atoms with Gasteiger partial charge in [-0.3, -0.25) is 9.59 Å². The molecule has 0 radical (unpaired) electrons. The molecule has 1 N–H and O–H groups in total. The number of carbonyl (C=O) groups is 2. The molecule has 0 aromatic heterocycles. The van der Waals surface area contributed by atoms with Gasteiger partial charge in [-0.2, -0.15) is 11.8 Å². The van der Waals surface area contributed by atoms with Crippen molar-refractivity contribution in [2.24, 2.45) is 0 Å². The standard InChI is InChI=1S/C30H36N2O2S/c1-3-19-31-30(34)28(21-25-13-6-4-7-14-25)32(22-27-17-11-10-12-24(27)2)29(33)18-20-35-23-26-15-8-5-9-16-26/h4-17,28H,3,18-23H2,1-2H3,(H,31,34). The molecule has 1 unspecified atom stereocenters. The van der Waals surface area contributed by atoms with Crippen molar-refractivity contribution >= 4 is 23.6 Å². The van der Waals surface area contributed by atoms with E-state index >= 15 is 0 Å². The lowest BCUT2D eigenvalue weighted by atomic mass is 10.0. The zero-order chi connectivity index (χ0) is 24.9. The maximum absolute atomic E-state index is 13.6. The van der Waals surface area contributed by atoms with Crippen LogP contribution < -0.4 is 5.32 Å². The van der Waals surface area contributed by atoms with E-state index in [1.807, 2.05) is 73.7 Å². The number of carbonyl (C=O) groups excluding carboxylic acids is 2. The normalized spacial score (nSPS) is 11.6. The number of nitrogens with zero attached hydrogens (tertiary/aromatic N) is 1. The largest absolute Gasteiger partial charge is 0.354 e. The first-order valence-electron chi connectivity index (χ1n) is 12.4. The van der Waals surface area contributed by atoms with Gasteiger partial charge in [0.25, 0.3) is 0 Å². The Bertz CT molecular complexity index is 1060. The molecule has 0 saturated heterocycles. The monoisotopic (exact) mass is 488 g/mol. The molecule has 1 atom stereocenters. The summed E-state index contributed by atoms with van der Waals surface area (Å²) in [5.74, 6) is 1.51. The van der Waals surface area contributed by atoms with E-state index in [2.05, 4.69) is 30.4 Å². The van der Waals surface area contributed by atoms with Gasteiger partial charge in [0, 0.05) is 37.4 Å². The van der Waals surface area contributed by atoms with E-state index in [0.717, 1.165) is 28.9 Å². The fourth-order valence-electron chi connectivity index (χ4n) is 3.96. The second-order valence-corrected chi connectivity index (χ2v) is 9.84. The number of hydrogen-bond acceptors (Lipinski definition) is 3. The summed E-state index contributed by atoms with van der Waals surface area (Å²) < 4.78 is 0. The van der Waals surface area contributed by atoms with Gasteiger partial charge in [0.1, 0.15) is 6.04 Å². The van der Waals surface area contributed by atoms with Crippen LogP contribution in [0.2, 0.25) is 0 Å². The van der Waals surface area contributed by atoms with E-state index in [9.17, 15) is 9.59 Å². The number of hydrogen-bond donors (Lipinski definition) is 1. The molecule has 5 heteroatoms. The van der Waals surface area contributed by atoms with Crippen LogP contribution in [0.3, 0.4) is 0 Å². The Morgan fingerprint density at radius 2 is 1.51 bits per heavy atom. The van der Waals surface area contributed by atoms with Gasteiger partial charge in [-0.25, -0.2) is 0 Å². The number of aryl methyl sites for hydroxylation is 1. The van der Waals surface area contributed by atoms with Gasteiger partial charge in [-0.1, -0.05) is 91.9 Å². The Morgan fingerprint density at radius 1 is 0.886 bits per heavy atom. The highest BCUT2D eigenvalue weighted by atomic mass is 32.2. The van der Waals surface area contributed by atoms with Crippen molar-refractivity contribution in [3.05, 3.63) is 107 Å². The van der Waals surface area contributed by atoms with Gasteiger partial charge in [-0.15, -0.1) is 0 Å². The summed E-state index contributed by atoms with van der Waals surface area (Å²) >= 11 is 1.75. The molecule has 2 amide bonds. The molecule has 3 aromatic rings. The van der Waals surface area contributed by atoms with Crippen molar-refractivity contribution in [1.29, 1.82) is 0 Å². The molecule has 35 heavy (non-hydrogen) atoms. The molecule has 3 rings (SSSR count). The van der Waals surface area contributed by atoms with E-state index in [1.165, 1.54) is 5.56 Å². The number of rotatable bonds is 13. The third-order valence-corrected chi connectivity index (χ3v) is 7.02. The smallest absolute Gasteiger partial charge is 0.243 e. The fraction of sp³-hybridized carbons (Fsp3) is 0.333. The van der Waals surface area contributed by atoms with Crippen LogP contribution in [0.5, 0.6) is 0 Å². The van der Waals surface area contributed by atoms with Crippen molar-refractivity contribution in [1.82, 2.24) is 10.2 Å². The number of benzene rings is 3. The molecule has 0 aliphatic carbocycles. The molecule has 0 aliphatic rings. The zero-order valence-electron chi connectivity index (χ0n) is 20.8. The summed E-state index contributed by atoms with van der Waals surface area (Å²) in [5.41, 5.74) is 4.49. The Morgan fingerprint density at radius 3 is 2.17 bits per heavy atom. The zero-order valence-corrected chi connectivity index (χ0v) is 21.6. The van der Waals surface area contributed by atoms with E-state index in [0.29, 0.717) is 31.7 Å². The number of amides is 2. The first kappa shape index (κ1) is 26.6. The molecule has 0 saturated carbocycles. The third kappa shape index (κ3) is 8.59. The van der Waals surface area contributed by atoms with Crippen LogP contribution in [-0.4, -0.2) is 35.1 Å². The summed E-state index contributed by atoms with van der Waals surface area (Å²) in [6.45, 7) is 5.11. The fourth-order valence-corrected chi connectivity index (χ4v) is 4.85. The predicted octanol–water partition coefficient (Wildman–Crippen LogP) is 5.78. The van der Waals surface area contributed by atoms with Crippen LogP contribution >= 0.6 is 11.8 Å². The molecule has 0 fully saturated rings. The molecule has 3 aromatic carbocycles. The van der Waals surface area contributed by atoms with Crippen molar-refractivity contribution < 1.29 is 9.59 Å². The topological polar surface area (TPSA) is 49.4 Å². The summed E-state index contributed by atoms with van der Waals surface area (Å²) in [6.07, 6.45) is 1.74. The molecule has 4 nitrogen and oxygen atoms in total. The van der Waals surface area contributed by atoms with Crippen molar-refractivity contribution in [2.45, 2.75) is 51.4 Å². The van der Waals surface area contributed by atoms with Gasteiger partial charge in [0.2, 0.25) is 11.8 Å². The maximum atomic E-state index is 13.6. The lowest BCUT2D eigenvalue weighted by Gasteiger charge is -2.32. The lowest BCUT2D eigenvalue weighted by Crippen LogP contribution is -2.50. The summed E-state index contributed by atoms with van der Waals surface area (Å²) in [7, 11) is 0. The van der Waals surface area contributed by atoms with E-state index in [1.54, 1.807) is 16.7 Å². The van der Waals surface area contributed by atoms with E-state index in [4.69, 9.17) is 0 Å². The highest BCUT2D eigenvalue weighted by Crippen LogP contribution is 2.19. The first-order chi connectivity index (χ1) is 17.1. The Balaban J connectivity index is 1.79. The summed E-state index contributed by atoms with van der Waals surface area (Å²) in [4.78, 5) is 28.7. The molecule has 0 bridgehead atoms. The minimum absolute atomic E-state index is 0.0152. The quantitative estimate of drug-likeness (QED) is 0.310. The number of nitrogens with one attached hydrogen (secondary N) is 1. The van der Waals surface area contributed by atoms with Crippen LogP contribution in [0.4, 0.5) is 0 Å². The summed E-state index contributed by atoms with van der Waals surface area (Å²) in [5, 5.41) is 3.04. The van der Waals surface area contributed by atoms with Gasteiger partial charge < -0.3 is 10.2 Å². The van der Waals surface area contributed by atoms with Crippen LogP contribution in [0, 0.1) is 6.92 Å². The average Bonchev–Trinajstić information content (AvgIpc) is 2.89. The molecule has 0 aliphatic heterocycles. The van der Waals surface area contributed by atoms with Gasteiger partial charge in [-0.05, 0) is 35.6 Å². The van der Waals surface area contributed by atoms with Gasteiger partial charge in [0.15, 0.2) is 0 Å². The van der Waals surface area contributed by atoms with Crippen LogP contribution in [0.25, 0.3) is 0 Å². The van der Waals surface area contributed by atoms with Crippen molar-refractivity contribution in [3.63, 3.8) is 0 Å². The minimum Gasteiger partial charge on any atom is -0.354 e. The molecule has 0 heterocycles. The Hall–Kier alpha value is -3.05. The Labute approximate surface area is 214 Å². The molecular weight excluding hydrogens is 452 g/mol. The van der Waals surface area contributed by atoms with Crippen LogP contribution in [-0.2, 0) is 28.3 Å². The van der Waals surface area contributed by atoms with Gasteiger partial charge in [0.05, 0.1) is 0 Å².